The number of hydrogen-bond acceptors (Lipinski definition) is 2. The maximum absolute atomic E-state index is 12.2. The van der Waals surface area contributed by atoms with Gasteiger partial charge in [-0.3, -0.25) is 4.79 Å². The first-order chi connectivity index (χ1) is 9.68. The Balaban J connectivity index is 1.92. The van der Waals surface area contributed by atoms with Crippen molar-refractivity contribution in [2.75, 3.05) is 0 Å². The van der Waals surface area contributed by atoms with Gasteiger partial charge in [0.2, 0.25) is 0 Å². The summed E-state index contributed by atoms with van der Waals surface area (Å²) in [5, 5.41) is 10.2. The molecule has 0 spiro atoms. The molecule has 0 aliphatic carbocycles. The molecule has 0 fully saturated rings. The van der Waals surface area contributed by atoms with E-state index in [1.54, 1.807) is 6.92 Å². The first-order valence-corrected chi connectivity index (χ1v) is 6.98. The van der Waals surface area contributed by atoms with Gasteiger partial charge in [-0.15, -0.1) is 0 Å². The van der Waals surface area contributed by atoms with Gasteiger partial charge in [-0.25, -0.2) is 0 Å². The van der Waals surface area contributed by atoms with Crippen LogP contribution in [-0.4, -0.2) is 10.9 Å². The number of Topliss-reactive ketones (excluding diaryl/α,β-unsaturated/α-hetero) is 1. The van der Waals surface area contributed by atoms with Crippen molar-refractivity contribution >= 4 is 5.78 Å². The number of aliphatic hydroxyl groups excluding tert-OH is 1. The van der Waals surface area contributed by atoms with Crippen LogP contribution in [-0.2, 0) is 11.2 Å². The van der Waals surface area contributed by atoms with Gasteiger partial charge in [0.15, 0.2) is 0 Å². The maximum atomic E-state index is 12.2. The van der Waals surface area contributed by atoms with Crippen molar-refractivity contribution in [2.24, 2.45) is 5.92 Å². The molecule has 104 valence electrons. The van der Waals surface area contributed by atoms with E-state index < -0.39 is 6.10 Å². The molecule has 20 heavy (non-hydrogen) atoms. The summed E-state index contributed by atoms with van der Waals surface area (Å²) >= 11 is 0. The summed E-state index contributed by atoms with van der Waals surface area (Å²) in [6, 6.07) is 19.3. The minimum atomic E-state index is -0.723. The van der Waals surface area contributed by atoms with E-state index in [0.717, 1.165) is 17.5 Å². The van der Waals surface area contributed by atoms with E-state index in [-0.39, 0.29) is 11.7 Å². The zero-order chi connectivity index (χ0) is 14.4. The summed E-state index contributed by atoms with van der Waals surface area (Å²) < 4.78 is 0. The predicted octanol–water partition coefficient (Wildman–Crippen LogP) is 3.56. The number of benzene rings is 2. The number of rotatable bonds is 6. The van der Waals surface area contributed by atoms with Gasteiger partial charge in [0.1, 0.15) is 5.78 Å². The molecular formula is C18H20O2. The Morgan fingerprint density at radius 1 is 1.00 bits per heavy atom. The molecule has 1 N–H and O–H groups in total. The molecule has 0 saturated heterocycles. The Morgan fingerprint density at radius 2 is 1.55 bits per heavy atom. The average Bonchev–Trinajstić information content (AvgIpc) is 2.53. The van der Waals surface area contributed by atoms with E-state index in [2.05, 4.69) is 0 Å². The van der Waals surface area contributed by atoms with Gasteiger partial charge in [-0.2, -0.15) is 0 Å². The van der Waals surface area contributed by atoms with Crippen LogP contribution >= 0.6 is 0 Å². The van der Waals surface area contributed by atoms with Gasteiger partial charge in [0, 0.05) is 12.3 Å². The van der Waals surface area contributed by atoms with Crippen LogP contribution in [0.4, 0.5) is 0 Å². The molecule has 0 saturated carbocycles. The minimum absolute atomic E-state index is 0.102. The number of hydrogen-bond donors (Lipinski definition) is 1. The topological polar surface area (TPSA) is 37.3 Å². The average molecular weight is 268 g/mol. The summed E-state index contributed by atoms with van der Waals surface area (Å²) in [5.41, 5.74) is 1.95. The first kappa shape index (κ1) is 14.5. The zero-order valence-electron chi connectivity index (χ0n) is 11.7. The fraction of sp³-hybridized carbons (Fsp3) is 0.278. The third-order valence-electron chi connectivity index (χ3n) is 3.63. The highest BCUT2D eigenvalue weighted by Crippen LogP contribution is 2.23. The van der Waals surface area contributed by atoms with Gasteiger partial charge in [-0.05, 0) is 17.5 Å². The van der Waals surface area contributed by atoms with Gasteiger partial charge >= 0.3 is 0 Å². The quantitative estimate of drug-likeness (QED) is 0.869. The molecule has 0 aliphatic rings. The number of carbonyl (C=O) groups is 1. The van der Waals surface area contributed by atoms with E-state index >= 15 is 0 Å². The number of aryl methyl sites for hydroxylation is 1. The van der Waals surface area contributed by atoms with E-state index in [1.807, 2.05) is 60.7 Å². The van der Waals surface area contributed by atoms with Crippen LogP contribution in [0.3, 0.4) is 0 Å². The highest BCUT2D eigenvalue weighted by Gasteiger charge is 2.22. The van der Waals surface area contributed by atoms with Crippen molar-refractivity contribution in [3.05, 3.63) is 71.8 Å². The number of ketones is 1. The molecular weight excluding hydrogens is 248 g/mol. The summed E-state index contributed by atoms with van der Waals surface area (Å²) in [6.45, 7) is 1.80. The third kappa shape index (κ3) is 3.78. The van der Waals surface area contributed by atoms with Crippen molar-refractivity contribution in [3.63, 3.8) is 0 Å². The van der Waals surface area contributed by atoms with Gasteiger partial charge < -0.3 is 5.11 Å². The Hall–Kier alpha value is -1.93. The Bertz CT molecular complexity index is 534. The molecule has 2 nitrogen and oxygen atoms in total. The second kappa shape index (κ2) is 7.01. The second-order valence-corrected chi connectivity index (χ2v) is 5.10. The van der Waals surface area contributed by atoms with Crippen molar-refractivity contribution in [1.82, 2.24) is 0 Å². The SMILES string of the molecule is C[C@@H](C(=O)CCc1ccccc1)[C@H](O)c1ccccc1. The van der Waals surface area contributed by atoms with Crippen LogP contribution in [0.2, 0.25) is 0 Å². The molecule has 2 aromatic rings. The smallest absolute Gasteiger partial charge is 0.138 e. The molecule has 2 atom stereocenters. The van der Waals surface area contributed by atoms with Crippen LogP contribution in [0.5, 0.6) is 0 Å². The summed E-state index contributed by atoms with van der Waals surface area (Å²) in [5.74, 6) is -0.272. The largest absolute Gasteiger partial charge is 0.388 e. The Labute approximate surface area is 120 Å². The highest BCUT2D eigenvalue weighted by atomic mass is 16.3. The maximum Gasteiger partial charge on any atom is 0.138 e. The first-order valence-electron chi connectivity index (χ1n) is 6.98. The molecule has 0 unspecified atom stereocenters. The molecule has 2 rings (SSSR count). The van der Waals surface area contributed by atoms with Crippen LogP contribution in [0, 0.1) is 5.92 Å². The molecule has 0 heterocycles. The summed E-state index contributed by atoms with van der Waals surface area (Å²) in [6.07, 6.45) is 0.472. The van der Waals surface area contributed by atoms with E-state index in [1.165, 1.54) is 0 Å². The molecule has 0 radical (unpaired) electrons. The molecule has 0 amide bonds. The monoisotopic (exact) mass is 268 g/mol. The number of carbonyl (C=O) groups excluding carboxylic acids is 1. The lowest BCUT2D eigenvalue weighted by atomic mass is 9.91. The van der Waals surface area contributed by atoms with Crippen LogP contribution < -0.4 is 0 Å². The second-order valence-electron chi connectivity index (χ2n) is 5.10. The van der Waals surface area contributed by atoms with Gasteiger partial charge in [-0.1, -0.05) is 67.6 Å². The van der Waals surface area contributed by atoms with Crippen molar-refractivity contribution < 1.29 is 9.90 Å². The zero-order valence-corrected chi connectivity index (χ0v) is 11.7. The van der Waals surface area contributed by atoms with E-state index in [4.69, 9.17) is 0 Å². The Kier molecular flexibility index (Phi) is 5.08. The van der Waals surface area contributed by atoms with Crippen LogP contribution in [0.1, 0.15) is 30.6 Å². The molecule has 0 aromatic heterocycles. The standard InChI is InChI=1S/C18H20O2/c1-14(18(20)16-10-6-3-7-11-16)17(19)13-12-15-8-4-2-5-9-15/h2-11,14,18,20H,12-13H2,1H3/t14-,18-/m0/s1. The lowest BCUT2D eigenvalue weighted by Crippen LogP contribution is -2.19. The van der Waals surface area contributed by atoms with E-state index in [9.17, 15) is 9.90 Å². The molecule has 2 heteroatoms. The fourth-order valence-electron chi connectivity index (χ4n) is 2.25. The highest BCUT2D eigenvalue weighted by molar-refractivity contribution is 5.81. The number of aliphatic hydroxyl groups is 1. The van der Waals surface area contributed by atoms with Crippen LogP contribution in [0.15, 0.2) is 60.7 Å². The fourth-order valence-corrected chi connectivity index (χ4v) is 2.25. The summed E-state index contributed by atoms with van der Waals surface area (Å²) in [7, 11) is 0. The lowest BCUT2D eigenvalue weighted by Gasteiger charge is -2.18. The molecule has 0 bridgehead atoms. The van der Waals surface area contributed by atoms with E-state index in [0.29, 0.717) is 6.42 Å². The Morgan fingerprint density at radius 3 is 2.15 bits per heavy atom. The summed E-state index contributed by atoms with van der Waals surface area (Å²) in [4.78, 5) is 12.2. The van der Waals surface area contributed by atoms with Crippen molar-refractivity contribution in [3.8, 4) is 0 Å². The van der Waals surface area contributed by atoms with Crippen molar-refractivity contribution in [2.45, 2.75) is 25.9 Å². The third-order valence-corrected chi connectivity index (χ3v) is 3.63. The normalized spacial score (nSPS) is 13.7. The molecule has 0 aliphatic heterocycles. The predicted molar refractivity (Wildman–Crippen MR) is 80.3 cm³/mol. The minimum Gasteiger partial charge on any atom is -0.388 e. The van der Waals surface area contributed by atoms with Gasteiger partial charge in [0.05, 0.1) is 6.10 Å². The molecule has 2 aromatic carbocycles. The lowest BCUT2D eigenvalue weighted by molar-refractivity contribution is -0.125. The van der Waals surface area contributed by atoms with Gasteiger partial charge in [0.25, 0.3) is 0 Å². The van der Waals surface area contributed by atoms with Crippen molar-refractivity contribution in [1.29, 1.82) is 0 Å². The van der Waals surface area contributed by atoms with Crippen LogP contribution in [0.25, 0.3) is 0 Å².